The standard InChI is InChI=1S/C16H22N4/c1-11(2)10-20-15(9-17)18-19-16(20)14-7-12-5-3-4-6-13(12)8-14/h3-6,11,14H,7-10,17H2,1-2H3. The number of hydrogen-bond acceptors (Lipinski definition) is 3. The first-order chi connectivity index (χ1) is 9.69. The van der Waals surface area contributed by atoms with Crippen molar-refractivity contribution in [2.45, 2.75) is 45.7 Å². The summed E-state index contributed by atoms with van der Waals surface area (Å²) in [5, 5.41) is 8.72. The zero-order chi connectivity index (χ0) is 14.1. The summed E-state index contributed by atoms with van der Waals surface area (Å²) in [7, 11) is 0. The van der Waals surface area contributed by atoms with Gasteiger partial charge < -0.3 is 10.3 Å². The van der Waals surface area contributed by atoms with Gasteiger partial charge in [-0.1, -0.05) is 38.1 Å². The molecule has 0 radical (unpaired) electrons. The molecule has 3 rings (SSSR count). The van der Waals surface area contributed by atoms with Crippen molar-refractivity contribution in [2.75, 3.05) is 0 Å². The Bertz CT molecular complexity index is 575. The molecule has 0 saturated carbocycles. The second-order valence-corrected chi connectivity index (χ2v) is 6.06. The van der Waals surface area contributed by atoms with Crippen LogP contribution in [0, 0.1) is 5.92 Å². The molecule has 0 spiro atoms. The number of aromatic nitrogens is 3. The van der Waals surface area contributed by atoms with E-state index in [4.69, 9.17) is 5.73 Å². The van der Waals surface area contributed by atoms with Gasteiger partial charge in [0.05, 0.1) is 6.54 Å². The highest BCUT2D eigenvalue weighted by molar-refractivity contribution is 5.35. The predicted molar refractivity (Wildman–Crippen MR) is 79.3 cm³/mol. The molecule has 0 amide bonds. The van der Waals surface area contributed by atoms with Crippen molar-refractivity contribution in [1.29, 1.82) is 0 Å². The van der Waals surface area contributed by atoms with Crippen molar-refractivity contribution >= 4 is 0 Å². The van der Waals surface area contributed by atoms with Crippen LogP contribution in [0.1, 0.15) is 42.5 Å². The lowest BCUT2D eigenvalue weighted by molar-refractivity contribution is 0.477. The molecule has 4 nitrogen and oxygen atoms in total. The lowest BCUT2D eigenvalue weighted by Gasteiger charge is -2.15. The Hall–Kier alpha value is -1.68. The van der Waals surface area contributed by atoms with Crippen molar-refractivity contribution < 1.29 is 0 Å². The Kier molecular flexibility index (Phi) is 3.57. The van der Waals surface area contributed by atoms with E-state index in [0.29, 0.717) is 18.4 Å². The summed E-state index contributed by atoms with van der Waals surface area (Å²) in [4.78, 5) is 0. The minimum Gasteiger partial charge on any atom is -0.324 e. The van der Waals surface area contributed by atoms with Gasteiger partial charge in [-0.2, -0.15) is 0 Å². The van der Waals surface area contributed by atoms with E-state index in [-0.39, 0.29) is 0 Å². The van der Waals surface area contributed by atoms with Gasteiger partial charge in [0.1, 0.15) is 11.6 Å². The highest BCUT2D eigenvalue weighted by Crippen LogP contribution is 2.33. The van der Waals surface area contributed by atoms with E-state index in [1.165, 1.54) is 11.1 Å². The van der Waals surface area contributed by atoms with E-state index in [1.807, 2.05) is 0 Å². The largest absolute Gasteiger partial charge is 0.324 e. The molecule has 1 aromatic carbocycles. The van der Waals surface area contributed by atoms with Crippen LogP contribution in [0.15, 0.2) is 24.3 Å². The monoisotopic (exact) mass is 270 g/mol. The molecular formula is C16H22N4. The van der Waals surface area contributed by atoms with Crippen molar-refractivity contribution in [1.82, 2.24) is 14.8 Å². The van der Waals surface area contributed by atoms with Crippen LogP contribution in [0.25, 0.3) is 0 Å². The fourth-order valence-electron chi connectivity index (χ4n) is 3.11. The smallest absolute Gasteiger partial charge is 0.146 e. The normalized spacial score (nSPS) is 15.0. The molecule has 20 heavy (non-hydrogen) atoms. The van der Waals surface area contributed by atoms with Gasteiger partial charge in [0.2, 0.25) is 0 Å². The number of nitrogens with zero attached hydrogens (tertiary/aromatic N) is 3. The fourth-order valence-corrected chi connectivity index (χ4v) is 3.11. The third-order valence-corrected chi connectivity index (χ3v) is 4.00. The molecule has 106 valence electrons. The molecule has 0 saturated heterocycles. The molecule has 4 heteroatoms. The Labute approximate surface area is 120 Å². The van der Waals surface area contributed by atoms with Gasteiger partial charge >= 0.3 is 0 Å². The quantitative estimate of drug-likeness (QED) is 0.927. The summed E-state index contributed by atoms with van der Waals surface area (Å²) >= 11 is 0. The third kappa shape index (κ3) is 2.36. The summed E-state index contributed by atoms with van der Waals surface area (Å²) in [5.74, 6) is 3.03. The molecule has 2 aromatic rings. The average molecular weight is 270 g/mol. The Morgan fingerprint density at radius 1 is 1.20 bits per heavy atom. The molecule has 0 bridgehead atoms. The lowest BCUT2D eigenvalue weighted by atomic mass is 10.1. The van der Waals surface area contributed by atoms with E-state index >= 15 is 0 Å². The van der Waals surface area contributed by atoms with E-state index in [1.54, 1.807) is 0 Å². The molecule has 2 N–H and O–H groups in total. The van der Waals surface area contributed by atoms with Crippen LogP contribution in [-0.4, -0.2) is 14.8 Å². The Morgan fingerprint density at radius 2 is 1.85 bits per heavy atom. The molecule has 0 aliphatic heterocycles. The molecule has 0 fully saturated rings. The third-order valence-electron chi connectivity index (χ3n) is 4.00. The van der Waals surface area contributed by atoms with Gasteiger partial charge in [-0.25, -0.2) is 0 Å². The summed E-state index contributed by atoms with van der Waals surface area (Å²) in [6, 6.07) is 8.68. The Balaban J connectivity index is 1.90. The summed E-state index contributed by atoms with van der Waals surface area (Å²) in [5.41, 5.74) is 8.70. The summed E-state index contributed by atoms with van der Waals surface area (Å²) < 4.78 is 2.24. The van der Waals surface area contributed by atoms with Gasteiger partial charge in [0.25, 0.3) is 0 Å². The highest BCUT2D eigenvalue weighted by Gasteiger charge is 2.27. The van der Waals surface area contributed by atoms with E-state index in [2.05, 4.69) is 52.9 Å². The van der Waals surface area contributed by atoms with E-state index < -0.39 is 0 Å². The number of benzene rings is 1. The van der Waals surface area contributed by atoms with Gasteiger partial charge in [-0.05, 0) is 29.9 Å². The number of fused-ring (bicyclic) bond motifs is 1. The van der Waals surface area contributed by atoms with Crippen LogP contribution >= 0.6 is 0 Å². The molecule has 0 unspecified atom stereocenters. The highest BCUT2D eigenvalue weighted by atomic mass is 15.3. The summed E-state index contributed by atoms with van der Waals surface area (Å²) in [6.07, 6.45) is 2.13. The van der Waals surface area contributed by atoms with Crippen LogP contribution in [-0.2, 0) is 25.9 Å². The van der Waals surface area contributed by atoms with Crippen LogP contribution in [0.4, 0.5) is 0 Å². The maximum Gasteiger partial charge on any atom is 0.146 e. The molecule has 1 aromatic heterocycles. The number of rotatable bonds is 4. The van der Waals surface area contributed by atoms with E-state index in [9.17, 15) is 0 Å². The number of hydrogen-bond donors (Lipinski definition) is 1. The van der Waals surface area contributed by atoms with Gasteiger partial charge in [0.15, 0.2) is 0 Å². The predicted octanol–water partition coefficient (Wildman–Crippen LogP) is 2.28. The van der Waals surface area contributed by atoms with Crippen molar-refractivity contribution in [3.05, 3.63) is 47.0 Å². The van der Waals surface area contributed by atoms with Crippen molar-refractivity contribution in [2.24, 2.45) is 11.7 Å². The first-order valence-electron chi connectivity index (χ1n) is 7.38. The topological polar surface area (TPSA) is 56.7 Å². The van der Waals surface area contributed by atoms with Crippen LogP contribution < -0.4 is 5.73 Å². The second kappa shape index (κ2) is 5.37. The van der Waals surface area contributed by atoms with Gasteiger partial charge in [-0.3, -0.25) is 0 Å². The first-order valence-corrected chi connectivity index (χ1v) is 7.38. The average Bonchev–Trinajstić information content (AvgIpc) is 3.00. The second-order valence-electron chi connectivity index (χ2n) is 6.06. The van der Waals surface area contributed by atoms with Crippen LogP contribution in [0.3, 0.4) is 0 Å². The molecule has 1 aliphatic rings. The van der Waals surface area contributed by atoms with Crippen molar-refractivity contribution in [3.8, 4) is 0 Å². The molecule has 1 heterocycles. The maximum atomic E-state index is 5.80. The van der Waals surface area contributed by atoms with Gasteiger partial charge in [-0.15, -0.1) is 10.2 Å². The zero-order valence-corrected chi connectivity index (χ0v) is 12.2. The lowest BCUT2D eigenvalue weighted by Crippen LogP contribution is -2.17. The SMILES string of the molecule is CC(C)Cn1c(CN)nnc1C1Cc2ccccc2C1. The Morgan fingerprint density at radius 3 is 2.40 bits per heavy atom. The van der Waals surface area contributed by atoms with Crippen molar-refractivity contribution in [3.63, 3.8) is 0 Å². The maximum absolute atomic E-state index is 5.80. The molecule has 0 atom stereocenters. The number of nitrogens with two attached hydrogens (primary N) is 1. The zero-order valence-electron chi connectivity index (χ0n) is 12.2. The van der Waals surface area contributed by atoms with Crippen LogP contribution in [0.5, 0.6) is 0 Å². The molecular weight excluding hydrogens is 248 g/mol. The summed E-state index contributed by atoms with van der Waals surface area (Å²) in [6.45, 7) is 5.84. The van der Waals surface area contributed by atoms with Gasteiger partial charge in [0, 0.05) is 12.5 Å². The van der Waals surface area contributed by atoms with Crippen LogP contribution in [0.2, 0.25) is 0 Å². The first kappa shape index (κ1) is 13.3. The van der Waals surface area contributed by atoms with E-state index in [0.717, 1.165) is 31.0 Å². The minimum absolute atomic E-state index is 0.443. The molecule has 1 aliphatic carbocycles. The fraction of sp³-hybridized carbons (Fsp3) is 0.500. The minimum atomic E-state index is 0.443.